The van der Waals surface area contributed by atoms with Gasteiger partial charge in [0.1, 0.15) is 17.5 Å². The highest BCUT2D eigenvalue weighted by Crippen LogP contribution is 2.39. The molecular formula is C15H13FN4. The van der Waals surface area contributed by atoms with Crippen molar-refractivity contribution in [1.82, 2.24) is 9.97 Å². The molecule has 5 heteroatoms. The minimum atomic E-state index is -0.455. The average Bonchev–Trinajstić information content (AvgIpc) is 3.25. The van der Waals surface area contributed by atoms with Crippen LogP contribution in [-0.4, -0.2) is 9.97 Å². The highest BCUT2D eigenvalue weighted by atomic mass is 19.1. The van der Waals surface area contributed by atoms with Crippen LogP contribution >= 0.6 is 0 Å². The number of nitrogens with two attached hydrogens (primary N) is 1. The first-order chi connectivity index (χ1) is 9.58. The number of halogens is 1. The lowest BCUT2D eigenvalue weighted by molar-refractivity contribution is 0.627. The zero-order chi connectivity index (χ0) is 14.3. The largest absolute Gasteiger partial charge is 0.383 e. The molecule has 1 fully saturated rings. The molecule has 0 bridgehead atoms. The van der Waals surface area contributed by atoms with Crippen molar-refractivity contribution in [1.29, 1.82) is 5.26 Å². The lowest BCUT2D eigenvalue weighted by Crippen LogP contribution is -2.04. The summed E-state index contributed by atoms with van der Waals surface area (Å²) >= 11 is 0. The molecule has 20 heavy (non-hydrogen) atoms. The Kier molecular flexibility index (Phi) is 2.87. The van der Waals surface area contributed by atoms with Gasteiger partial charge in [-0.15, -0.1) is 0 Å². The summed E-state index contributed by atoms with van der Waals surface area (Å²) in [6.45, 7) is 1.80. The maximum Gasteiger partial charge on any atom is 0.134 e. The first kappa shape index (κ1) is 12.5. The zero-order valence-corrected chi connectivity index (χ0v) is 11.0. The third-order valence-corrected chi connectivity index (χ3v) is 3.44. The average molecular weight is 268 g/mol. The third-order valence-electron chi connectivity index (χ3n) is 3.44. The van der Waals surface area contributed by atoms with Crippen LogP contribution in [0.2, 0.25) is 0 Å². The maximum absolute atomic E-state index is 13.6. The summed E-state index contributed by atoms with van der Waals surface area (Å²) in [7, 11) is 0. The summed E-state index contributed by atoms with van der Waals surface area (Å²) in [6.07, 6.45) is 2.13. The van der Waals surface area contributed by atoms with E-state index in [1.807, 2.05) is 6.07 Å². The number of benzene rings is 1. The van der Waals surface area contributed by atoms with Crippen molar-refractivity contribution >= 4 is 5.82 Å². The van der Waals surface area contributed by atoms with Crippen LogP contribution in [0, 0.1) is 24.1 Å². The number of nitrogen functional groups attached to an aromatic ring is 1. The van der Waals surface area contributed by atoms with E-state index in [0.29, 0.717) is 34.4 Å². The van der Waals surface area contributed by atoms with Gasteiger partial charge >= 0.3 is 0 Å². The van der Waals surface area contributed by atoms with Gasteiger partial charge in [-0.2, -0.15) is 5.26 Å². The summed E-state index contributed by atoms with van der Waals surface area (Å²) in [4.78, 5) is 8.81. The number of nitriles is 1. The standard InChI is InChI=1S/C15H13FN4/c1-8-13(11-4-9(7-17)5-12(16)6-11)19-15(10-2-3-10)20-14(8)18/h4-6,10H,2-3H2,1H3,(H2,18,19,20). The Morgan fingerprint density at radius 1 is 1.30 bits per heavy atom. The van der Waals surface area contributed by atoms with Crippen LogP contribution in [0.1, 0.15) is 35.7 Å². The van der Waals surface area contributed by atoms with Crippen LogP contribution in [0.15, 0.2) is 18.2 Å². The first-order valence-electron chi connectivity index (χ1n) is 6.43. The van der Waals surface area contributed by atoms with Crippen molar-refractivity contribution in [2.24, 2.45) is 0 Å². The van der Waals surface area contributed by atoms with Gasteiger partial charge in [-0.1, -0.05) is 0 Å². The molecule has 1 aliphatic carbocycles. The number of aromatic nitrogens is 2. The second kappa shape index (κ2) is 4.57. The van der Waals surface area contributed by atoms with Crippen LogP contribution < -0.4 is 5.73 Å². The second-order valence-electron chi connectivity index (χ2n) is 5.06. The fraction of sp³-hybridized carbons (Fsp3) is 0.267. The number of rotatable bonds is 2. The van der Waals surface area contributed by atoms with Crippen molar-refractivity contribution in [3.8, 4) is 17.3 Å². The summed E-state index contributed by atoms with van der Waals surface area (Å²) in [5.41, 5.74) is 8.07. The van der Waals surface area contributed by atoms with Gasteiger partial charge in [-0.3, -0.25) is 0 Å². The molecule has 0 atom stereocenters. The van der Waals surface area contributed by atoms with Crippen LogP contribution in [-0.2, 0) is 0 Å². The van der Waals surface area contributed by atoms with E-state index < -0.39 is 5.82 Å². The first-order valence-corrected chi connectivity index (χ1v) is 6.43. The summed E-state index contributed by atoms with van der Waals surface area (Å²) in [6, 6.07) is 6.13. The molecule has 1 saturated carbocycles. The summed E-state index contributed by atoms with van der Waals surface area (Å²) in [5.74, 6) is 1.04. The van der Waals surface area contributed by atoms with Gasteiger partial charge in [0.05, 0.1) is 17.3 Å². The molecule has 1 aliphatic rings. The predicted molar refractivity (Wildman–Crippen MR) is 73.3 cm³/mol. The molecule has 0 radical (unpaired) electrons. The molecule has 0 saturated heterocycles. The van der Waals surface area contributed by atoms with Crippen molar-refractivity contribution in [3.05, 3.63) is 41.0 Å². The minimum Gasteiger partial charge on any atom is -0.383 e. The van der Waals surface area contributed by atoms with Crippen LogP contribution in [0.5, 0.6) is 0 Å². The normalized spacial score (nSPS) is 14.1. The van der Waals surface area contributed by atoms with Gasteiger partial charge in [0, 0.05) is 17.0 Å². The van der Waals surface area contributed by atoms with E-state index in [9.17, 15) is 4.39 Å². The fourth-order valence-corrected chi connectivity index (χ4v) is 2.15. The molecule has 1 heterocycles. The van der Waals surface area contributed by atoms with Gasteiger partial charge in [0.25, 0.3) is 0 Å². The molecule has 3 rings (SSSR count). The molecule has 2 aromatic rings. The van der Waals surface area contributed by atoms with E-state index in [0.717, 1.165) is 12.8 Å². The Labute approximate surface area is 116 Å². The van der Waals surface area contributed by atoms with Gasteiger partial charge < -0.3 is 5.73 Å². The van der Waals surface area contributed by atoms with Crippen molar-refractivity contribution in [2.45, 2.75) is 25.7 Å². The highest BCUT2D eigenvalue weighted by Gasteiger charge is 2.28. The fourth-order valence-electron chi connectivity index (χ4n) is 2.15. The molecule has 0 spiro atoms. The second-order valence-corrected chi connectivity index (χ2v) is 5.06. The summed E-state index contributed by atoms with van der Waals surface area (Å²) in [5, 5.41) is 8.94. The molecule has 100 valence electrons. The Bertz CT molecular complexity index is 729. The molecule has 1 aromatic carbocycles. The highest BCUT2D eigenvalue weighted by molar-refractivity contribution is 5.68. The Balaban J connectivity index is 2.18. The van der Waals surface area contributed by atoms with E-state index in [1.54, 1.807) is 13.0 Å². The number of hydrogen-bond donors (Lipinski definition) is 1. The molecule has 0 amide bonds. The maximum atomic E-state index is 13.6. The Hall–Kier alpha value is -2.48. The molecule has 4 nitrogen and oxygen atoms in total. The lowest BCUT2D eigenvalue weighted by atomic mass is 10.0. The van der Waals surface area contributed by atoms with Crippen LogP contribution in [0.3, 0.4) is 0 Å². The van der Waals surface area contributed by atoms with Gasteiger partial charge in [-0.05, 0) is 38.0 Å². The zero-order valence-electron chi connectivity index (χ0n) is 11.0. The van der Waals surface area contributed by atoms with Crippen LogP contribution in [0.4, 0.5) is 10.2 Å². The van der Waals surface area contributed by atoms with E-state index >= 15 is 0 Å². The SMILES string of the molecule is Cc1c(N)nc(C2CC2)nc1-c1cc(F)cc(C#N)c1. The smallest absolute Gasteiger partial charge is 0.134 e. The summed E-state index contributed by atoms with van der Waals surface area (Å²) < 4.78 is 13.6. The van der Waals surface area contributed by atoms with Crippen molar-refractivity contribution in [2.75, 3.05) is 5.73 Å². The van der Waals surface area contributed by atoms with Gasteiger partial charge in [0.15, 0.2) is 0 Å². The third kappa shape index (κ3) is 2.21. The van der Waals surface area contributed by atoms with E-state index in [4.69, 9.17) is 11.0 Å². The Morgan fingerprint density at radius 2 is 2.05 bits per heavy atom. The topological polar surface area (TPSA) is 75.6 Å². The van der Waals surface area contributed by atoms with Gasteiger partial charge in [-0.25, -0.2) is 14.4 Å². The monoisotopic (exact) mass is 268 g/mol. The van der Waals surface area contributed by atoms with E-state index in [1.165, 1.54) is 12.1 Å². The van der Waals surface area contributed by atoms with E-state index in [2.05, 4.69) is 9.97 Å². The molecular weight excluding hydrogens is 255 g/mol. The minimum absolute atomic E-state index is 0.268. The predicted octanol–water partition coefficient (Wildman–Crippen LogP) is 2.92. The molecule has 2 N–H and O–H groups in total. The lowest BCUT2D eigenvalue weighted by Gasteiger charge is -2.10. The molecule has 1 aromatic heterocycles. The molecule has 0 unspecified atom stereocenters. The van der Waals surface area contributed by atoms with Crippen molar-refractivity contribution < 1.29 is 4.39 Å². The van der Waals surface area contributed by atoms with Crippen molar-refractivity contribution in [3.63, 3.8) is 0 Å². The number of anilines is 1. The number of hydrogen-bond acceptors (Lipinski definition) is 4. The quantitative estimate of drug-likeness (QED) is 0.908. The molecule has 0 aliphatic heterocycles. The van der Waals surface area contributed by atoms with Crippen LogP contribution in [0.25, 0.3) is 11.3 Å². The van der Waals surface area contributed by atoms with Gasteiger partial charge in [0.2, 0.25) is 0 Å². The van der Waals surface area contributed by atoms with E-state index in [-0.39, 0.29) is 5.56 Å². The Morgan fingerprint density at radius 3 is 2.70 bits per heavy atom. The number of nitrogens with zero attached hydrogens (tertiary/aromatic N) is 3.